The Bertz CT molecular complexity index is 799. The zero-order chi connectivity index (χ0) is 14.8. The molecule has 3 heteroatoms. The van der Waals surface area contributed by atoms with Crippen molar-refractivity contribution in [3.05, 3.63) is 82.0 Å². The lowest BCUT2D eigenvalue weighted by atomic mass is 10.00. The third-order valence-corrected chi connectivity index (χ3v) is 4.10. The molecule has 0 amide bonds. The Morgan fingerprint density at radius 1 is 0.762 bits per heavy atom. The molecule has 0 N–H and O–H groups in total. The molecule has 104 valence electrons. The fraction of sp³-hybridized carbons (Fsp3) is 0. The van der Waals surface area contributed by atoms with Gasteiger partial charge in [-0.3, -0.25) is 0 Å². The molecule has 0 aliphatic rings. The molecule has 0 unspecified atom stereocenters. The molecule has 3 aromatic carbocycles. The largest absolute Gasteiger partial charge is 0.206 e. The van der Waals surface area contributed by atoms with Gasteiger partial charge in [-0.15, -0.1) is 0 Å². The zero-order valence-corrected chi connectivity index (χ0v) is 13.3. The van der Waals surface area contributed by atoms with E-state index in [0.717, 1.165) is 21.2 Å². The van der Waals surface area contributed by atoms with Crippen LogP contribution in [0.4, 0.5) is 4.39 Å². The molecule has 0 aromatic heterocycles. The van der Waals surface area contributed by atoms with Crippen molar-refractivity contribution in [2.75, 3.05) is 0 Å². The van der Waals surface area contributed by atoms with E-state index in [1.54, 1.807) is 18.2 Å². The Balaban J connectivity index is 2.07. The molecule has 0 saturated heterocycles. The van der Waals surface area contributed by atoms with Crippen molar-refractivity contribution in [1.29, 1.82) is 0 Å². The highest BCUT2D eigenvalue weighted by Crippen LogP contribution is 2.33. The van der Waals surface area contributed by atoms with Crippen LogP contribution in [0.25, 0.3) is 22.3 Å². The summed E-state index contributed by atoms with van der Waals surface area (Å²) in [5.41, 5.74) is 3.28. The van der Waals surface area contributed by atoms with Crippen LogP contribution in [0.1, 0.15) is 0 Å². The van der Waals surface area contributed by atoms with Gasteiger partial charge in [0.1, 0.15) is 5.82 Å². The fourth-order valence-corrected chi connectivity index (χ4v) is 2.96. The average molecular weight is 362 g/mol. The maximum atomic E-state index is 13.8. The Labute approximate surface area is 136 Å². The van der Waals surface area contributed by atoms with Gasteiger partial charge in [0.25, 0.3) is 0 Å². The van der Waals surface area contributed by atoms with Crippen LogP contribution in [0.15, 0.2) is 71.2 Å². The van der Waals surface area contributed by atoms with Crippen LogP contribution in [0, 0.1) is 5.82 Å². The van der Waals surface area contributed by atoms with E-state index < -0.39 is 0 Å². The van der Waals surface area contributed by atoms with Gasteiger partial charge in [0.05, 0.1) is 0 Å². The number of halogens is 3. The van der Waals surface area contributed by atoms with E-state index in [1.807, 2.05) is 42.5 Å². The molecular formula is C18H11BrClF. The van der Waals surface area contributed by atoms with Crippen LogP contribution in [0.5, 0.6) is 0 Å². The molecule has 3 aromatic rings. The molecule has 0 nitrogen and oxygen atoms in total. The zero-order valence-electron chi connectivity index (χ0n) is 11.0. The summed E-state index contributed by atoms with van der Waals surface area (Å²) in [5, 5.41) is 0.605. The van der Waals surface area contributed by atoms with E-state index in [2.05, 4.69) is 15.9 Å². The summed E-state index contributed by atoms with van der Waals surface area (Å²) in [6, 6.07) is 20.2. The summed E-state index contributed by atoms with van der Waals surface area (Å²) in [6.07, 6.45) is 0. The minimum absolute atomic E-state index is 0.247. The van der Waals surface area contributed by atoms with Crippen LogP contribution in [0.2, 0.25) is 5.02 Å². The molecule has 0 spiro atoms. The normalized spacial score (nSPS) is 10.6. The fourth-order valence-electron chi connectivity index (χ4n) is 2.27. The van der Waals surface area contributed by atoms with Crippen molar-refractivity contribution in [2.45, 2.75) is 0 Å². The van der Waals surface area contributed by atoms with Gasteiger partial charge in [-0.1, -0.05) is 70.0 Å². The van der Waals surface area contributed by atoms with Gasteiger partial charge in [0, 0.05) is 20.6 Å². The number of benzene rings is 3. The maximum Gasteiger partial charge on any atom is 0.131 e. The summed E-state index contributed by atoms with van der Waals surface area (Å²) in [5.74, 6) is -0.247. The molecule has 0 fully saturated rings. The van der Waals surface area contributed by atoms with Gasteiger partial charge in [0.2, 0.25) is 0 Å². The second kappa shape index (κ2) is 6.00. The predicted octanol–water partition coefficient (Wildman–Crippen LogP) is 6.58. The van der Waals surface area contributed by atoms with Crippen LogP contribution in [-0.4, -0.2) is 0 Å². The molecule has 0 heterocycles. The first-order valence-electron chi connectivity index (χ1n) is 6.45. The SMILES string of the molecule is Fc1ccccc1-c1ccc(-c2cccc(Br)c2)c(Cl)c1. The van der Waals surface area contributed by atoms with Crippen molar-refractivity contribution in [2.24, 2.45) is 0 Å². The van der Waals surface area contributed by atoms with E-state index in [0.29, 0.717) is 10.6 Å². The van der Waals surface area contributed by atoms with Gasteiger partial charge in [-0.2, -0.15) is 0 Å². The molecule has 3 rings (SSSR count). The van der Waals surface area contributed by atoms with E-state index in [-0.39, 0.29) is 5.82 Å². The predicted molar refractivity (Wildman–Crippen MR) is 90.0 cm³/mol. The minimum atomic E-state index is -0.247. The van der Waals surface area contributed by atoms with Crippen LogP contribution in [0.3, 0.4) is 0 Å². The number of rotatable bonds is 2. The third-order valence-electron chi connectivity index (χ3n) is 3.29. The summed E-state index contributed by atoms with van der Waals surface area (Å²) in [4.78, 5) is 0. The Morgan fingerprint density at radius 2 is 1.52 bits per heavy atom. The topological polar surface area (TPSA) is 0 Å². The highest BCUT2D eigenvalue weighted by atomic mass is 79.9. The average Bonchev–Trinajstić information content (AvgIpc) is 2.47. The van der Waals surface area contributed by atoms with E-state index in [1.165, 1.54) is 6.07 Å². The summed E-state index contributed by atoms with van der Waals surface area (Å²) < 4.78 is 14.8. The second-order valence-electron chi connectivity index (χ2n) is 4.68. The van der Waals surface area contributed by atoms with Crippen molar-refractivity contribution in [1.82, 2.24) is 0 Å². The van der Waals surface area contributed by atoms with Crippen LogP contribution in [-0.2, 0) is 0 Å². The second-order valence-corrected chi connectivity index (χ2v) is 6.01. The van der Waals surface area contributed by atoms with Crippen molar-refractivity contribution in [3.63, 3.8) is 0 Å². The van der Waals surface area contributed by atoms with Gasteiger partial charge < -0.3 is 0 Å². The lowest BCUT2D eigenvalue weighted by molar-refractivity contribution is 0.631. The highest BCUT2D eigenvalue weighted by molar-refractivity contribution is 9.10. The number of hydrogen-bond acceptors (Lipinski definition) is 0. The van der Waals surface area contributed by atoms with E-state index >= 15 is 0 Å². The van der Waals surface area contributed by atoms with Crippen molar-refractivity contribution in [3.8, 4) is 22.3 Å². The minimum Gasteiger partial charge on any atom is -0.206 e. The monoisotopic (exact) mass is 360 g/mol. The highest BCUT2D eigenvalue weighted by Gasteiger charge is 2.09. The first kappa shape index (κ1) is 14.3. The molecule has 0 radical (unpaired) electrons. The molecular weight excluding hydrogens is 351 g/mol. The lowest BCUT2D eigenvalue weighted by Gasteiger charge is -2.09. The van der Waals surface area contributed by atoms with E-state index in [4.69, 9.17) is 11.6 Å². The van der Waals surface area contributed by atoms with Crippen molar-refractivity contribution < 1.29 is 4.39 Å². The van der Waals surface area contributed by atoms with Gasteiger partial charge in [-0.05, 0) is 35.4 Å². The van der Waals surface area contributed by atoms with Gasteiger partial charge >= 0.3 is 0 Å². The van der Waals surface area contributed by atoms with Crippen LogP contribution < -0.4 is 0 Å². The summed E-state index contributed by atoms with van der Waals surface area (Å²) >= 11 is 9.83. The van der Waals surface area contributed by atoms with Gasteiger partial charge in [-0.25, -0.2) is 4.39 Å². The van der Waals surface area contributed by atoms with Crippen LogP contribution >= 0.6 is 27.5 Å². The summed E-state index contributed by atoms with van der Waals surface area (Å²) in [6.45, 7) is 0. The molecule has 0 aliphatic carbocycles. The first-order valence-corrected chi connectivity index (χ1v) is 7.62. The Hall–Kier alpha value is -1.64. The Morgan fingerprint density at radius 3 is 2.24 bits per heavy atom. The molecule has 21 heavy (non-hydrogen) atoms. The quantitative estimate of drug-likeness (QED) is 0.484. The lowest BCUT2D eigenvalue weighted by Crippen LogP contribution is -1.86. The third kappa shape index (κ3) is 3.02. The molecule has 0 bridgehead atoms. The maximum absolute atomic E-state index is 13.8. The Kier molecular flexibility index (Phi) is 4.09. The standard InChI is InChI=1S/C18H11BrClF/c19-14-5-3-4-12(10-14)15-9-8-13(11-17(15)20)16-6-1-2-7-18(16)21/h1-11H. The molecule has 0 aliphatic heterocycles. The smallest absolute Gasteiger partial charge is 0.131 e. The van der Waals surface area contributed by atoms with Crippen molar-refractivity contribution >= 4 is 27.5 Å². The summed E-state index contributed by atoms with van der Waals surface area (Å²) in [7, 11) is 0. The molecule has 0 atom stereocenters. The molecule has 0 saturated carbocycles. The first-order chi connectivity index (χ1) is 10.1. The van der Waals surface area contributed by atoms with E-state index in [9.17, 15) is 4.39 Å². The van der Waals surface area contributed by atoms with Gasteiger partial charge in [0.15, 0.2) is 0 Å². The number of hydrogen-bond donors (Lipinski definition) is 0.